The van der Waals surface area contributed by atoms with Crippen LogP contribution in [0.2, 0.25) is 0 Å². The number of para-hydroxylation sites is 1. The molecule has 1 aromatic heterocycles. The van der Waals surface area contributed by atoms with Crippen molar-refractivity contribution in [1.82, 2.24) is 20.2 Å². The molecule has 0 aliphatic carbocycles. The van der Waals surface area contributed by atoms with Crippen LogP contribution in [0.15, 0.2) is 36.7 Å². The van der Waals surface area contributed by atoms with E-state index in [1.165, 1.54) is 11.9 Å². The van der Waals surface area contributed by atoms with Crippen molar-refractivity contribution in [2.24, 2.45) is 0 Å². The van der Waals surface area contributed by atoms with Crippen LogP contribution in [0.5, 0.6) is 0 Å². The fraction of sp³-hybridized carbons (Fsp3) is 0.450. The molecule has 0 radical (unpaired) electrons. The first-order valence-electron chi connectivity index (χ1n) is 9.40. The third kappa shape index (κ3) is 5.48. The molecular weight excluding hydrogens is 342 g/mol. The predicted octanol–water partition coefficient (Wildman–Crippen LogP) is 2.41. The monoisotopic (exact) mass is 369 g/mol. The van der Waals surface area contributed by atoms with Crippen LogP contribution in [0, 0.1) is 0 Å². The van der Waals surface area contributed by atoms with Gasteiger partial charge in [0.25, 0.3) is 5.91 Å². The topological polar surface area (TPSA) is 79.4 Å². The van der Waals surface area contributed by atoms with Gasteiger partial charge in [0.2, 0.25) is 0 Å². The fourth-order valence-electron chi connectivity index (χ4n) is 3.04. The molecule has 2 aromatic rings. The molecule has 3 rings (SSSR count). The van der Waals surface area contributed by atoms with E-state index in [2.05, 4.69) is 45.4 Å². The number of anilines is 2. The number of nitrogens with zero attached hydrogens (tertiary/aromatic N) is 3. The van der Waals surface area contributed by atoms with Crippen molar-refractivity contribution in [3.8, 4) is 0 Å². The highest BCUT2D eigenvalue weighted by Gasteiger charge is 2.13. The minimum atomic E-state index is -0.189. The molecule has 0 atom stereocenters. The van der Waals surface area contributed by atoms with Gasteiger partial charge in [-0.2, -0.15) is 0 Å². The normalized spacial score (nSPS) is 14.9. The van der Waals surface area contributed by atoms with Gasteiger partial charge in [0, 0.05) is 37.9 Å². The van der Waals surface area contributed by atoms with Crippen LogP contribution in [0.1, 0.15) is 35.8 Å². The Morgan fingerprint density at radius 1 is 1.22 bits per heavy atom. The predicted molar refractivity (Wildman–Crippen MR) is 105 cm³/mol. The van der Waals surface area contributed by atoms with Gasteiger partial charge in [-0.1, -0.05) is 32.0 Å². The van der Waals surface area contributed by atoms with Gasteiger partial charge < -0.3 is 15.4 Å². The third-order valence-electron chi connectivity index (χ3n) is 4.56. The van der Waals surface area contributed by atoms with Crippen molar-refractivity contribution in [3.05, 3.63) is 47.9 Å². The Bertz CT molecular complexity index is 760. The summed E-state index contributed by atoms with van der Waals surface area (Å²) in [7, 11) is 0. The van der Waals surface area contributed by atoms with Gasteiger partial charge in [-0.3, -0.25) is 9.69 Å². The second-order valence-electron chi connectivity index (χ2n) is 6.87. The summed E-state index contributed by atoms with van der Waals surface area (Å²) in [5.41, 5.74) is 2.55. The van der Waals surface area contributed by atoms with Crippen LogP contribution in [0.3, 0.4) is 0 Å². The van der Waals surface area contributed by atoms with Crippen LogP contribution in [0.25, 0.3) is 0 Å². The van der Waals surface area contributed by atoms with Crippen LogP contribution in [-0.4, -0.2) is 60.2 Å². The molecule has 1 aromatic carbocycles. The molecule has 1 amide bonds. The van der Waals surface area contributed by atoms with Gasteiger partial charge in [-0.25, -0.2) is 9.97 Å². The van der Waals surface area contributed by atoms with Crippen molar-refractivity contribution < 1.29 is 9.53 Å². The maximum absolute atomic E-state index is 12.4. The summed E-state index contributed by atoms with van der Waals surface area (Å²) < 4.78 is 5.33. The van der Waals surface area contributed by atoms with Gasteiger partial charge in [0.1, 0.15) is 17.8 Å². The fourth-order valence-corrected chi connectivity index (χ4v) is 3.04. The zero-order valence-electron chi connectivity index (χ0n) is 15.9. The Labute approximate surface area is 160 Å². The number of ether oxygens (including phenoxy) is 1. The van der Waals surface area contributed by atoms with E-state index in [9.17, 15) is 4.79 Å². The molecule has 1 aliphatic rings. The first-order valence-corrected chi connectivity index (χ1v) is 9.40. The Balaban J connectivity index is 1.59. The zero-order chi connectivity index (χ0) is 19.1. The number of hydrogen-bond donors (Lipinski definition) is 2. The molecule has 1 fully saturated rings. The van der Waals surface area contributed by atoms with Crippen LogP contribution in [-0.2, 0) is 4.74 Å². The van der Waals surface area contributed by atoms with Gasteiger partial charge in [0.15, 0.2) is 0 Å². The summed E-state index contributed by atoms with van der Waals surface area (Å²) in [5.74, 6) is 0.806. The molecule has 2 heterocycles. The minimum absolute atomic E-state index is 0.189. The van der Waals surface area contributed by atoms with Crippen molar-refractivity contribution in [2.75, 3.05) is 44.7 Å². The number of hydrogen-bond acceptors (Lipinski definition) is 6. The Hall–Kier alpha value is -2.51. The number of benzene rings is 1. The van der Waals surface area contributed by atoms with Gasteiger partial charge in [-0.05, 0) is 17.5 Å². The minimum Gasteiger partial charge on any atom is -0.379 e. The summed E-state index contributed by atoms with van der Waals surface area (Å²) in [6, 6.07) is 9.79. The van der Waals surface area contributed by atoms with E-state index in [4.69, 9.17) is 4.74 Å². The molecule has 0 unspecified atom stereocenters. The van der Waals surface area contributed by atoms with E-state index in [0.717, 1.165) is 38.5 Å². The van der Waals surface area contributed by atoms with Crippen LogP contribution in [0.4, 0.5) is 11.5 Å². The Morgan fingerprint density at radius 3 is 2.78 bits per heavy atom. The van der Waals surface area contributed by atoms with Crippen LogP contribution >= 0.6 is 0 Å². The number of rotatable bonds is 7. The smallest absolute Gasteiger partial charge is 0.270 e. The summed E-state index contributed by atoms with van der Waals surface area (Å²) in [4.78, 5) is 23.0. The van der Waals surface area contributed by atoms with E-state index in [0.29, 0.717) is 24.0 Å². The van der Waals surface area contributed by atoms with Gasteiger partial charge >= 0.3 is 0 Å². The van der Waals surface area contributed by atoms with Gasteiger partial charge in [-0.15, -0.1) is 0 Å². The van der Waals surface area contributed by atoms with Crippen LogP contribution < -0.4 is 10.6 Å². The van der Waals surface area contributed by atoms with Crippen molar-refractivity contribution >= 4 is 17.4 Å². The summed E-state index contributed by atoms with van der Waals surface area (Å²) in [6.45, 7) is 9.02. The molecule has 7 heteroatoms. The van der Waals surface area contributed by atoms with Crippen molar-refractivity contribution in [3.63, 3.8) is 0 Å². The van der Waals surface area contributed by atoms with E-state index >= 15 is 0 Å². The lowest BCUT2D eigenvalue weighted by atomic mass is 10.0. The number of aromatic nitrogens is 2. The average molecular weight is 369 g/mol. The maximum atomic E-state index is 12.4. The molecule has 27 heavy (non-hydrogen) atoms. The molecule has 144 valence electrons. The highest BCUT2D eigenvalue weighted by atomic mass is 16.5. The number of amides is 1. The maximum Gasteiger partial charge on any atom is 0.270 e. The second-order valence-corrected chi connectivity index (χ2v) is 6.87. The number of carbonyl (C=O) groups excluding carboxylic acids is 1. The molecule has 2 N–H and O–H groups in total. The summed E-state index contributed by atoms with van der Waals surface area (Å²) >= 11 is 0. The molecule has 1 saturated heterocycles. The molecular formula is C20H27N5O2. The largest absolute Gasteiger partial charge is 0.379 e. The highest BCUT2D eigenvalue weighted by Crippen LogP contribution is 2.26. The first kappa shape index (κ1) is 19.3. The molecule has 0 saturated carbocycles. The number of carbonyl (C=O) groups is 1. The lowest BCUT2D eigenvalue weighted by Crippen LogP contribution is -2.41. The molecule has 7 nitrogen and oxygen atoms in total. The van der Waals surface area contributed by atoms with E-state index in [1.807, 2.05) is 18.2 Å². The first-order chi connectivity index (χ1) is 13.1. The molecule has 0 bridgehead atoms. The summed E-state index contributed by atoms with van der Waals surface area (Å²) in [5, 5.41) is 6.23. The van der Waals surface area contributed by atoms with Crippen molar-refractivity contribution in [2.45, 2.75) is 19.8 Å². The average Bonchev–Trinajstić information content (AvgIpc) is 2.69. The zero-order valence-corrected chi connectivity index (χ0v) is 15.9. The van der Waals surface area contributed by atoms with E-state index in [-0.39, 0.29) is 5.91 Å². The molecule has 0 spiro atoms. The lowest BCUT2D eigenvalue weighted by molar-refractivity contribution is 0.0383. The summed E-state index contributed by atoms with van der Waals surface area (Å²) in [6.07, 6.45) is 1.41. The lowest BCUT2D eigenvalue weighted by Gasteiger charge is -2.26. The standard InChI is InChI=1S/C20H27N5O2/c1-15(2)16-5-3-4-6-17(16)24-19-13-18(22-14-23-19)20(26)21-7-8-25-9-11-27-12-10-25/h3-6,13-15H,7-12H2,1-2H3,(H,21,26)(H,22,23,24). The SMILES string of the molecule is CC(C)c1ccccc1Nc1cc(C(=O)NCCN2CCOCC2)ncn1. The Morgan fingerprint density at radius 2 is 2.00 bits per heavy atom. The van der Waals surface area contributed by atoms with E-state index < -0.39 is 0 Å². The second kappa shape index (κ2) is 9.43. The van der Waals surface area contributed by atoms with E-state index in [1.54, 1.807) is 6.07 Å². The van der Waals surface area contributed by atoms with Crippen molar-refractivity contribution in [1.29, 1.82) is 0 Å². The third-order valence-corrected chi connectivity index (χ3v) is 4.56. The number of nitrogens with one attached hydrogen (secondary N) is 2. The van der Waals surface area contributed by atoms with Gasteiger partial charge in [0.05, 0.1) is 13.2 Å². The highest BCUT2D eigenvalue weighted by molar-refractivity contribution is 5.93. The number of morpholine rings is 1. The molecule has 1 aliphatic heterocycles. The quantitative estimate of drug-likeness (QED) is 0.780. The Kier molecular flexibility index (Phi) is 6.73.